The van der Waals surface area contributed by atoms with Crippen LogP contribution in [-0.4, -0.2) is 35.9 Å². The summed E-state index contributed by atoms with van der Waals surface area (Å²) >= 11 is 0. The number of rotatable bonds is 2. The number of halogens is 3. The maximum atomic E-state index is 11.6. The predicted molar refractivity (Wildman–Crippen MR) is 79.3 cm³/mol. The zero-order valence-corrected chi connectivity index (χ0v) is 17.3. The number of hydrogen-bond donors (Lipinski definition) is 0. The summed E-state index contributed by atoms with van der Waals surface area (Å²) < 4.78 is 2.84. The summed E-state index contributed by atoms with van der Waals surface area (Å²) in [5.74, 6) is 0.612. The molecule has 0 radical (unpaired) electrons. The molecule has 3 heterocycles. The minimum Gasteiger partial charge on any atom is -1.00 e. The summed E-state index contributed by atoms with van der Waals surface area (Å²) in [5.41, 5.74) is 1.08. The normalized spacial score (nSPS) is 9.00. The molecule has 0 amide bonds. The van der Waals surface area contributed by atoms with Gasteiger partial charge >= 0.3 is 18.6 Å². The van der Waals surface area contributed by atoms with Crippen molar-refractivity contribution >= 4 is 11.8 Å². The molecule has 0 fully saturated rings. The molecule has 0 saturated carbocycles. The third kappa shape index (κ3) is 5.19. The van der Waals surface area contributed by atoms with E-state index in [-0.39, 0.29) is 67.6 Å². The van der Waals surface area contributed by atoms with E-state index < -0.39 is 0 Å². The number of carbonyl (C=O) groups is 2. The molecule has 7 nitrogen and oxygen atoms in total. The zero-order valence-electron chi connectivity index (χ0n) is 13.7. The molecule has 3 aromatic rings. The second kappa shape index (κ2) is 11.2. The molecule has 3 rings (SSSR count). The fraction of sp³-hybridized carbons (Fsp3) is 0.133. The van der Waals surface area contributed by atoms with Crippen LogP contribution in [0.4, 0.5) is 0 Å². The van der Waals surface area contributed by atoms with E-state index in [2.05, 4.69) is 15.0 Å². The Hall–Kier alpha value is -1.64. The molecule has 0 aliphatic carbocycles. The monoisotopic (exact) mass is 451 g/mol. The SMILES string of the molecule is CC(=O)n1ccnc1-c1cccc(-c2nccn2C(C)=O)n1.[Cl-].[Cl-].[Cl-].[V+3]. The van der Waals surface area contributed by atoms with E-state index in [4.69, 9.17) is 0 Å². The first kappa shape index (κ1) is 26.6. The fourth-order valence-corrected chi connectivity index (χ4v) is 2.18. The van der Waals surface area contributed by atoms with Gasteiger partial charge in [0.1, 0.15) is 11.4 Å². The van der Waals surface area contributed by atoms with E-state index in [1.54, 1.807) is 43.0 Å². The molecule has 0 unspecified atom stereocenters. The summed E-state index contributed by atoms with van der Waals surface area (Å²) in [7, 11) is 0. The van der Waals surface area contributed by atoms with Crippen molar-refractivity contribution in [3.63, 3.8) is 0 Å². The van der Waals surface area contributed by atoms with Crippen molar-refractivity contribution in [2.45, 2.75) is 13.8 Å². The van der Waals surface area contributed by atoms with Crippen LogP contribution in [0.5, 0.6) is 0 Å². The van der Waals surface area contributed by atoms with Crippen LogP contribution in [0.15, 0.2) is 43.0 Å². The Kier molecular flexibility index (Phi) is 11.4. The van der Waals surface area contributed by atoms with Gasteiger partial charge in [0.15, 0.2) is 11.6 Å². The third-order valence-electron chi connectivity index (χ3n) is 3.17. The molecule has 0 aliphatic heterocycles. The van der Waals surface area contributed by atoms with Gasteiger partial charge in [-0.1, -0.05) is 6.07 Å². The molecule has 0 saturated heterocycles. The van der Waals surface area contributed by atoms with Gasteiger partial charge in [0.2, 0.25) is 11.8 Å². The Morgan fingerprint density at radius 2 is 1.19 bits per heavy atom. The summed E-state index contributed by atoms with van der Waals surface area (Å²) in [6, 6.07) is 5.30. The third-order valence-corrected chi connectivity index (χ3v) is 3.17. The van der Waals surface area contributed by atoms with Gasteiger partial charge in [-0.3, -0.25) is 18.7 Å². The average molecular weight is 453 g/mol. The van der Waals surface area contributed by atoms with Crippen molar-refractivity contribution in [2.75, 3.05) is 0 Å². The average Bonchev–Trinajstić information content (AvgIpc) is 3.16. The van der Waals surface area contributed by atoms with Gasteiger partial charge in [-0.05, 0) is 12.1 Å². The predicted octanol–water partition coefficient (Wildman–Crippen LogP) is -6.86. The Morgan fingerprint density at radius 1 is 0.808 bits per heavy atom. The number of hydrogen-bond acceptors (Lipinski definition) is 5. The number of imidazole rings is 2. The fourth-order valence-electron chi connectivity index (χ4n) is 2.18. The number of aromatic nitrogens is 5. The Bertz CT molecular complexity index is 814. The van der Waals surface area contributed by atoms with Gasteiger partial charge < -0.3 is 37.2 Å². The van der Waals surface area contributed by atoms with Crippen molar-refractivity contribution in [1.82, 2.24) is 24.1 Å². The molecule has 0 aromatic carbocycles. The van der Waals surface area contributed by atoms with E-state index in [0.29, 0.717) is 23.0 Å². The van der Waals surface area contributed by atoms with E-state index in [1.807, 2.05) is 0 Å². The summed E-state index contributed by atoms with van der Waals surface area (Å²) in [4.78, 5) is 36.0. The van der Waals surface area contributed by atoms with Gasteiger partial charge in [-0.15, -0.1) is 0 Å². The van der Waals surface area contributed by atoms with Gasteiger partial charge in [-0.25, -0.2) is 15.0 Å². The van der Waals surface area contributed by atoms with Crippen LogP contribution in [-0.2, 0) is 18.6 Å². The minimum atomic E-state index is -0.148. The molecule has 136 valence electrons. The smallest absolute Gasteiger partial charge is 1.00 e. The van der Waals surface area contributed by atoms with E-state index in [9.17, 15) is 9.59 Å². The molecule has 0 bridgehead atoms. The van der Waals surface area contributed by atoms with Crippen molar-refractivity contribution in [3.8, 4) is 23.0 Å². The summed E-state index contributed by atoms with van der Waals surface area (Å²) in [5, 5.41) is 0. The Morgan fingerprint density at radius 3 is 1.54 bits per heavy atom. The van der Waals surface area contributed by atoms with Crippen LogP contribution in [0, 0.1) is 0 Å². The number of pyridine rings is 1. The molecule has 0 atom stereocenters. The maximum Gasteiger partial charge on any atom is 3.00 e. The van der Waals surface area contributed by atoms with Crippen molar-refractivity contribution in [1.29, 1.82) is 0 Å². The standard InChI is InChI=1S/C15H13N5O2.3ClH.V/c1-10(21)19-8-6-16-14(19)12-4-3-5-13(18-12)15-17-7-9-20(15)11(2)22;;;;/h3-9H,1-2H3;3*1H;/q;;;;+3/p-3. The minimum absolute atomic E-state index is 0. The van der Waals surface area contributed by atoms with Crippen LogP contribution < -0.4 is 37.2 Å². The number of nitrogens with zero attached hydrogens (tertiary/aromatic N) is 5. The maximum absolute atomic E-state index is 11.6. The first-order valence-corrected chi connectivity index (χ1v) is 6.64. The molecular weight excluding hydrogens is 440 g/mol. The molecule has 3 aromatic heterocycles. The summed E-state index contributed by atoms with van der Waals surface area (Å²) in [6.45, 7) is 2.91. The van der Waals surface area contributed by atoms with E-state index in [1.165, 1.54) is 23.0 Å². The molecule has 0 N–H and O–H groups in total. The van der Waals surface area contributed by atoms with Gasteiger partial charge in [0.25, 0.3) is 0 Å². The van der Waals surface area contributed by atoms with Crippen LogP contribution >= 0.6 is 0 Å². The molecule has 11 heteroatoms. The quantitative estimate of drug-likeness (QED) is 0.386. The Labute approximate surface area is 180 Å². The molecular formula is C15H13Cl3N5O2V. The molecule has 26 heavy (non-hydrogen) atoms. The Balaban J connectivity index is 0. The van der Waals surface area contributed by atoms with Gasteiger partial charge in [0.05, 0.1) is 0 Å². The van der Waals surface area contributed by atoms with Crippen molar-refractivity contribution < 1.29 is 65.4 Å². The van der Waals surface area contributed by atoms with Crippen LogP contribution in [0.1, 0.15) is 23.4 Å². The second-order valence-electron chi connectivity index (χ2n) is 4.69. The van der Waals surface area contributed by atoms with Crippen LogP contribution in [0.2, 0.25) is 0 Å². The zero-order chi connectivity index (χ0) is 15.7. The summed E-state index contributed by atoms with van der Waals surface area (Å²) in [6.07, 6.45) is 6.26. The topological polar surface area (TPSA) is 82.7 Å². The first-order chi connectivity index (χ1) is 10.6. The van der Waals surface area contributed by atoms with Gasteiger partial charge in [-0.2, -0.15) is 0 Å². The van der Waals surface area contributed by atoms with Crippen LogP contribution in [0.25, 0.3) is 23.0 Å². The molecule has 0 aliphatic rings. The first-order valence-electron chi connectivity index (χ1n) is 6.64. The molecule has 0 spiro atoms. The van der Waals surface area contributed by atoms with E-state index in [0.717, 1.165) is 0 Å². The van der Waals surface area contributed by atoms with Crippen LogP contribution in [0.3, 0.4) is 0 Å². The van der Waals surface area contributed by atoms with E-state index >= 15 is 0 Å². The van der Waals surface area contributed by atoms with Gasteiger partial charge in [0, 0.05) is 38.6 Å². The number of carbonyl (C=O) groups excluding carboxylic acids is 2. The largest absolute Gasteiger partial charge is 3.00 e. The second-order valence-corrected chi connectivity index (χ2v) is 4.69. The van der Waals surface area contributed by atoms with Crippen molar-refractivity contribution in [3.05, 3.63) is 43.0 Å². The van der Waals surface area contributed by atoms with Crippen molar-refractivity contribution in [2.24, 2.45) is 0 Å².